The van der Waals surface area contributed by atoms with E-state index in [1.54, 1.807) is 0 Å². The summed E-state index contributed by atoms with van der Waals surface area (Å²) < 4.78 is 2.27. The maximum absolute atomic E-state index is 7.08. The van der Waals surface area contributed by atoms with Crippen molar-refractivity contribution in [2.45, 2.75) is 27.7 Å². The molecule has 0 aliphatic heterocycles. The van der Waals surface area contributed by atoms with Gasteiger partial charge in [0.1, 0.15) is 0 Å². The lowest BCUT2D eigenvalue weighted by atomic mass is 9.93. The maximum atomic E-state index is 7.08. The average molecular weight is 401 g/mol. The summed E-state index contributed by atoms with van der Waals surface area (Å²) in [6.07, 6.45) is 17.6. The first-order valence-corrected chi connectivity index (χ1v) is 10.5. The molecule has 2 nitrogen and oxygen atoms in total. The normalized spacial score (nSPS) is 18.7. The fraction of sp³-hybridized carbons (Fsp3) is 0.269. The Balaban J connectivity index is 1.99. The van der Waals surface area contributed by atoms with Gasteiger partial charge >= 0.3 is 0 Å². The van der Waals surface area contributed by atoms with E-state index in [9.17, 15) is 0 Å². The molecular weight excluding hydrogens is 376 g/mol. The van der Waals surface area contributed by atoms with Crippen LogP contribution in [-0.2, 0) is 7.05 Å². The van der Waals surface area contributed by atoms with E-state index in [0.717, 1.165) is 27.2 Å². The van der Waals surface area contributed by atoms with Crippen LogP contribution < -0.4 is 10.6 Å². The number of halogens is 1. The SMILES string of the molecule is Cn1c2c(c3c4c(Cl)c5c(nc4ccc31)C=CC(C)(C)C=C5)=CC=CC(C)(C)C=2. The minimum atomic E-state index is -0.0194. The molecule has 0 spiro atoms. The van der Waals surface area contributed by atoms with Crippen molar-refractivity contribution in [3.63, 3.8) is 0 Å². The predicted octanol–water partition coefficient (Wildman–Crippen LogP) is 5.60. The van der Waals surface area contributed by atoms with Crippen molar-refractivity contribution in [1.82, 2.24) is 9.55 Å². The van der Waals surface area contributed by atoms with Gasteiger partial charge in [-0.3, -0.25) is 0 Å². The van der Waals surface area contributed by atoms with Gasteiger partial charge in [-0.25, -0.2) is 4.98 Å². The summed E-state index contributed by atoms with van der Waals surface area (Å²) in [5.74, 6) is 0. The highest BCUT2D eigenvalue weighted by Gasteiger charge is 2.21. The van der Waals surface area contributed by atoms with Crippen molar-refractivity contribution in [2.24, 2.45) is 17.9 Å². The van der Waals surface area contributed by atoms with Gasteiger partial charge in [0.2, 0.25) is 0 Å². The Morgan fingerprint density at radius 3 is 2.48 bits per heavy atom. The molecular formula is C26H25ClN2. The summed E-state index contributed by atoms with van der Waals surface area (Å²) in [5, 5.41) is 5.44. The lowest BCUT2D eigenvalue weighted by Crippen LogP contribution is -2.29. The van der Waals surface area contributed by atoms with E-state index >= 15 is 0 Å². The fourth-order valence-electron chi connectivity index (χ4n) is 4.39. The quantitative estimate of drug-likeness (QED) is 0.480. The molecule has 2 aliphatic rings. The molecule has 0 bridgehead atoms. The molecule has 0 unspecified atom stereocenters. The lowest BCUT2D eigenvalue weighted by Gasteiger charge is -2.13. The number of hydrogen-bond acceptors (Lipinski definition) is 1. The van der Waals surface area contributed by atoms with Crippen molar-refractivity contribution < 1.29 is 0 Å². The molecule has 0 fully saturated rings. The van der Waals surface area contributed by atoms with E-state index < -0.39 is 0 Å². The van der Waals surface area contributed by atoms with Crippen molar-refractivity contribution in [3.05, 3.63) is 63.3 Å². The summed E-state index contributed by atoms with van der Waals surface area (Å²) in [5.41, 5.74) is 4.03. The van der Waals surface area contributed by atoms with Gasteiger partial charge in [-0.05, 0) is 18.2 Å². The third kappa shape index (κ3) is 2.81. The Labute approximate surface area is 176 Å². The van der Waals surface area contributed by atoms with Gasteiger partial charge in [0, 0.05) is 50.3 Å². The highest BCUT2D eigenvalue weighted by Crippen LogP contribution is 2.37. The molecule has 29 heavy (non-hydrogen) atoms. The van der Waals surface area contributed by atoms with Crippen molar-refractivity contribution in [1.29, 1.82) is 0 Å². The van der Waals surface area contributed by atoms with Crippen molar-refractivity contribution in [3.8, 4) is 0 Å². The Hall–Kier alpha value is -2.58. The molecule has 0 amide bonds. The van der Waals surface area contributed by atoms with Crippen LogP contribution in [0.15, 0.2) is 36.4 Å². The summed E-state index contributed by atoms with van der Waals surface area (Å²) in [6.45, 7) is 8.84. The number of nitrogens with zero attached hydrogens (tertiary/aromatic N) is 2. The number of benzene rings is 1. The van der Waals surface area contributed by atoms with E-state index in [0.29, 0.717) is 0 Å². The molecule has 146 valence electrons. The number of aryl methyl sites for hydroxylation is 1. The first-order chi connectivity index (χ1) is 13.7. The van der Waals surface area contributed by atoms with Crippen LogP contribution in [0.3, 0.4) is 0 Å². The number of fused-ring (bicyclic) bond motifs is 6. The Bertz CT molecular complexity index is 1410. The van der Waals surface area contributed by atoms with Gasteiger partial charge in [-0.15, -0.1) is 0 Å². The molecule has 2 aliphatic carbocycles. The first-order valence-electron chi connectivity index (χ1n) is 10.1. The van der Waals surface area contributed by atoms with E-state index in [4.69, 9.17) is 16.6 Å². The number of rotatable bonds is 0. The zero-order chi connectivity index (χ0) is 20.6. The van der Waals surface area contributed by atoms with Crippen LogP contribution >= 0.6 is 11.6 Å². The molecule has 0 atom stereocenters. The zero-order valence-corrected chi connectivity index (χ0v) is 18.3. The monoisotopic (exact) mass is 400 g/mol. The van der Waals surface area contributed by atoms with Crippen LogP contribution in [0, 0.1) is 10.8 Å². The second-order valence-corrected chi connectivity index (χ2v) is 9.79. The Kier molecular flexibility index (Phi) is 3.79. The molecule has 2 aromatic heterocycles. The van der Waals surface area contributed by atoms with Gasteiger partial charge in [0.05, 0.1) is 16.2 Å². The largest absolute Gasteiger partial charge is 0.344 e. The van der Waals surface area contributed by atoms with Crippen LogP contribution in [-0.4, -0.2) is 9.55 Å². The summed E-state index contributed by atoms with van der Waals surface area (Å²) in [7, 11) is 2.13. The molecule has 0 radical (unpaired) electrons. The third-order valence-electron chi connectivity index (χ3n) is 6.05. The second kappa shape index (κ2) is 5.96. The second-order valence-electron chi connectivity index (χ2n) is 9.42. The van der Waals surface area contributed by atoms with Crippen molar-refractivity contribution >= 4 is 57.7 Å². The minimum Gasteiger partial charge on any atom is -0.344 e. The molecule has 1 aromatic carbocycles. The third-order valence-corrected chi connectivity index (χ3v) is 6.44. The van der Waals surface area contributed by atoms with Crippen LogP contribution in [0.5, 0.6) is 0 Å². The number of allylic oxidation sites excluding steroid dienone is 4. The Morgan fingerprint density at radius 1 is 0.931 bits per heavy atom. The highest BCUT2D eigenvalue weighted by molar-refractivity contribution is 6.39. The van der Waals surface area contributed by atoms with E-state index in [1.807, 2.05) is 0 Å². The van der Waals surface area contributed by atoms with Gasteiger partial charge in [0.25, 0.3) is 0 Å². The molecule has 3 aromatic rings. The number of aromatic nitrogens is 2. The van der Waals surface area contributed by atoms with Gasteiger partial charge in [0.15, 0.2) is 0 Å². The van der Waals surface area contributed by atoms with Crippen LogP contribution in [0.1, 0.15) is 39.0 Å². The molecule has 5 rings (SSSR count). The minimum absolute atomic E-state index is 0.00205. The number of pyridine rings is 1. The number of hydrogen-bond donors (Lipinski definition) is 0. The molecule has 0 N–H and O–H groups in total. The smallest absolute Gasteiger partial charge is 0.0732 e. The van der Waals surface area contributed by atoms with Gasteiger partial charge < -0.3 is 4.57 Å². The van der Waals surface area contributed by atoms with E-state index in [1.165, 1.54) is 21.5 Å². The summed E-state index contributed by atoms with van der Waals surface area (Å²) in [6, 6.07) is 4.26. The molecule has 2 heterocycles. The standard InChI is InChI=1S/C26H25ClN2/c1-25(2)13-10-16-18(11-14-25)28-19-8-9-20-22(23(19)24(16)27)17-7-6-12-26(3,4)15-21(17)29(20)5/h6-15H,1-5H3. The van der Waals surface area contributed by atoms with Crippen molar-refractivity contribution in [2.75, 3.05) is 0 Å². The predicted molar refractivity (Wildman–Crippen MR) is 126 cm³/mol. The topological polar surface area (TPSA) is 17.8 Å². The highest BCUT2D eigenvalue weighted by atomic mass is 35.5. The van der Waals surface area contributed by atoms with E-state index in [-0.39, 0.29) is 10.8 Å². The maximum Gasteiger partial charge on any atom is 0.0732 e. The van der Waals surface area contributed by atoms with Crippen LogP contribution in [0.25, 0.3) is 46.1 Å². The summed E-state index contributed by atoms with van der Waals surface area (Å²) >= 11 is 7.08. The van der Waals surface area contributed by atoms with Crippen LogP contribution in [0.4, 0.5) is 0 Å². The van der Waals surface area contributed by atoms with E-state index in [2.05, 4.69) is 100 Å². The Morgan fingerprint density at radius 2 is 1.69 bits per heavy atom. The lowest BCUT2D eigenvalue weighted by molar-refractivity contribution is 0.633. The molecule has 0 saturated heterocycles. The zero-order valence-electron chi connectivity index (χ0n) is 17.5. The van der Waals surface area contributed by atoms with Gasteiger partial charge in [-0.1, -0.05) is 81.8 Å². The summed E-state index contributed by atoms with van der Waals surface area (Å²) in [4.78, 5) is 4.99. The van der Waals surface area contributed by atoms with Crippen LogP contribution in [0.2, 0.25) is 5.02 Å². The van der Waals surface area contributed by atoms with Gasteiger partial charge in [-0.2, -0.15) is 0 Å². The first kappa shape index (κ1) is 18.4. The molecule has 3 heteroatoms. The average Bonchev–Trinajstić information content (AvgIpc) is 2.78. The fourth-order valence-corrected chi connectivity index (χ4v) is 4.74. The molecule has 0 saturated carbocycles.